The number of nitro benzene ring substituents is 1. The number of carbonyl (C=O) groups is 3. The van der Waals surface area contributed by atoms with Gasteiger partial charge in [-0.1, -0.05) is 0 Å². The average molecular weight is 449 g/mol. The Morgan fingerprint density at radius 2 is 1.91 bits per heavy atom. The van der Waals surface area contributed by atoms with Crippen molar-refractivity contribution in [3.63, 3.8) is 0 Å². The van der Waals surface area contributed by atoms with Gasteiger partial charge in [0, 0.05) is 19.2 Å². The fraction of sp³-hybridized carbons (Fsp3) is 0.400. The molecule has 0 aliphatic rings. The Bertz CT molecular complexity index is 962. The van der Waals surface area contributed by atoms with E-state index in [0.29, 0.717) is 13.1 Å². The molecule has 1 N–H and O–H groups in total. The van der Waals surface area contributed by atoms with E-state index in [2.05, 4.69) is 4.74 Å². The van der Waals surface area contributed by atoms with E-state index in [1.54, 1.807) is 26.8 Å². The quantitative estimate of drug-likeness (QED) is 0.148. The lowest BCUT2D eigenvalue weighted by molar-refractivity contribution is -0.385. The first-order valence-electron chi connectivity index (χ1n) is 9.56. The van der Waals surface area contributed by atoms with Crippen LogP contribution in [0.2, 0.25) is 0 Å². The van der Waals surface area contributed by atoms with E-state index in [-0.39, 0.29) is 17.7 Å². The van der Waals surface area contributed by atoms with Gasteiger partial charge >= 0.3 is 17.8 Å². The van der Waals surface area contributed by atoms with E-state index >= 15 is 0 Å². The lowest BCUT2D eigenvalue weighted by atomic mass is 10.1. The minimum atomic E-state index is -1.43. The zero-order valence-corrected chi connectivity index (χ0v) is 18.0. The molecule has 0 spiro atoms. The van der Waals surface area contributed by atoms with Crippen LogP contribution >= 0.6 is 0 Å². The molecule has 0 saturated carbocycles. The smallest absolute Gasteiger partial charge is 0.499 e. The summed E-state index contributed by atoms with van der Waals surface area (Å²) in [7, 11) is 0. The summed E-state index contributed by atoms with van der Waals surface area (Å²) in [5.41, 5.74) is -1.22. The second-order valence-corrected chi connectivity index (χ2v) is 6.16. The van der Waals surface area contributed by atoms with Crippen LogP contribution in [0.1, 0.15) is 33.3 Å². The van der Waals surface area contributed by atoms with Gasteiger partial charge in [-0.2, -0.15) is 5.26 Å². The minimum absolute atomic E-state index is 0.0520. The molecule has 1 atom stereocenters. The number of rotatable bonds is 9. The van der Waals surface area contributed by atoms with Crippen LogP contribution in [0, 0.1) is 21.4 Å². The molecular formula is C20H23N3O9. The third kappa shape index (κ3) is 6.69. The first kappa shape index (κ1) is 25.9. The standard InChI is InChI=1S/C20H23N3O9/c1-5-22(6-2)18(25)14(11-21)8-13-9-15(23(28)29)17(24)16(10-13)32-20(27)31-12(4)19(26)30-7-3/h8-10,12,24H,5-7H2,1-4H3/b14-8+. The van der Waals surface area contributed by atoms with Gasteiger partial charge in [0.2, 0.25) is 5.75 Å². The highest BCUT2D eigenvalue weighted by Gasteiger charge is 2.25. The molecule has 1 unspecified atom stereocenters. The number of amides is 1. The van der Waals surface area contributed by atoms with Crippen LogP contribution in [-0.2, 0) is 19.1 Å². The van der Waals surface area contributed by atoms with Gasteiger partial charge in [0.1, 0.15) is 11.6 Å². The van der Waals surface area contributed by atoms with Gasteiger partial charge in [-0.05, 0) is 45.4 Å². The molecule has 1 amide bonds. The maximum atomic E-state index is 12.4. The number of hydrogen-bond donors (Lipinski definition) is 1. The number of ether oxygens (including phenoxy) is 3. The SMILES string of the molecule is CCOC(=O)C(C)OC(=O)Oc1cc(/C=C(\C#N)C(=O)N(CC)CC)cc([N+](=O)[O-])c1O. The molecule has 0 saturated heterocycles. The zero-order valence-electron chi connectivity index (χ0n) is 18.0. The van der Waals surface area contributed by atoms with Gasteiger partial charge in [0.25, 0.3) is 5.91 Å². The molecule has 0 aliphatic heterocycles. The van der Waals surface area contributed by atoms with Gasteiger partial charge in [0.05, 0.1) is 11.5 Å². The summed E-state index contributed by atoms with van der Waals surface area (Å²) >= 11 is 0. The van der Waals surface area contributed by atoms with Gasteiger partial charge in [-0.15, -0.1) is 0 Å². The molecular weight excluding hydrogens is 426 g/mol. The maximum Gasteiger partial charge on any atom is 0.514 e. The molecule has 0 aliphatic carbocycles. The number of nitro groups is 1. The van der Waals surface area contributed by atoms with Crippen LogP contribution in [0.5, 0.6) is 11.5 Å². The molecule has 0 heterocycles. The van der Waals surface area contributed by atoms with Gasteiger partial charge in [-0.25, -0.2) is 9.59 Å². The van der Waals surface area contributed by atoms with Crippen LogP contribution in [0.15, 0.2) is 17.7 Å². The summed E-state index contributed by atoms with van der Waals surface area (Å²) in [4.78, 5) is 47.7. The lowest BCUT2D eigenvalue weighted by Gasteiger charge is -2.17. The van der Waals surface area contributed by atoms with Gasteiger partial charge in [-0.3, -0.25) is 14.9 Å². The monoisotopic (exact) mass is 449 g/mol. The fourth-order valence-electron chi connectivity index (χ4n) is 2.47. The van der Waals surface area contributed by atoms with Crippen molar-refractivity contribution in [2.75, 3.05) is 19.7 Å². The number of nitriles is 1. The first-order chi connectivity index (χ1) is 15.1. The highest BCUT2D eigenvalue weighted by molar-refractivity contribution is 6.01. The number of carbonyl (C=O) groups excluding carboxylic acids is 3. The summed E-state index contributed by atoms with van der Waals surface area (Å²) in [6.07, 6.45) is -1.71. The van der Waals surface area contributed by atoms with Crippen molar-refractivity contribution < 1.29 is 38.6 Å². The van der Waals surface area contributed by atoms with Crippen molar-refractivity contribution in [3.05, 3.63) is 33.4 Å². The highest BCUT2D eigenvalue weighted by Crippen LogP contribution is 2.38. The van der Waals surface area contributed by atoms with E-state index in [1.807, 2.05) is 0 Å². The topological polar surface area (TPSA) is 169 Å². The van der Waals surface area contributed by atoms with Crippen LogP contribution < -0.4 is 4.74 Å². The number of phenols is 1. The number of aromatic hydroxyl groups is 1. The highest BCUT2D eigenvalue weighted by atomic mass is 16.7. The Balaban J connectivity index is 3.31. The van der Waals surface area contributed by atoms with Crippen molar-refractivity contribution in [2.24, 2.45) is 0 Å². The maximum absolute atomic E-state index is 12.4. The lowest BCUT2D eigenvalue weighted by Crippen LogP contribution is -2.31. The van der Waals surface area contributed by atoms with E-state index < -0.39 is 46.2 Å². The van der Waals surface area contributed by atoms with Crippen molar-refractivity contribution in [1.29, 1.82) is 5.26 Å². The average Bonchev–Trinajstić information content (AvgIpc) is 2.74. The van der Waals surface area contributed by atoms with Gasteiger partial charge in [0.15, 0.2) is 11.9 Å². The van der Waals surface area contributed by atoms with Gasteiger partial charge < -0.3 is 24.2 Å². The summed E-state index contributed by atoms with van der Waals surface area (Å²) in [6, 6.07) is 3.64. The first-order valence-corrected chi connectivity index (χ1v) is 9.56. The number of nitrogens with zero attached hydrogens (tertiary/aromatic N) is 3. The Morgan fingerprint density at radius 1 is 1.28 bits per heavy atom. The minimum Gasteiger partial charge on any atom is -0.499 e. The van der Waals surface area contributed by atoms with Crippen LogP contribution in [0.4, 0.5) is 10.5 Å². The zero-order chi connectivity index (χ0) is 24.4. The van der Waals surface area contributed by atoms with Crippen molar-refractivity contribution >= 4 is 29.8 Å². The van der Waals surface area contributed by atoms with Crippen LogP contribution in [0.3, 0.4) is 0 Å². The number of hydrogen-bond acceptors (Lipinski definition) is 10. The Morgan fingerprint density at radius 3 is 2.41 bits per heavy atom. The molecule has 172 valence electrons. The number of likely N-dealkylation sites (N-methyl/N-ethyl adjacent to an activating group) is 1. The van der Waals surface area contributed by atoms with E-state index in [1.165, 1.54) is 11.8 Å². The Hall–Kier alpha value is -4.14. The molecule has 1 aromatic rings. The largest absolute Gasteiger partial charge is 0.514 e. The molecule has 0 bridgehead atoms. The van der Waals surface area contributed by atoms with E-state index in [9.17, 15) is 34.9 Å². The Labute approximate surface area is 183 Å². The fourth-order valence-corrected chi connectivity index (χ4v) is 2.47. The van der Waals surface area contributed by atoms with E-state index in [0.717, 1.165) is 18.2 Å². The van der Waals surface area contributed by atoms with E-state index in [4.69, 9.17) is 9.47 Å². The third-order valence-corrected chi connectivity index (χ3v) is 4.07. The van der Waals surface area contributed by atoms with Crippen LogP contribution in [-0.4, -0.2) is 58.8 Å². The van der Waals surface area contributed by atoms with Crippen LogP contribution in [0.25, 0.3) is 6.08 Å². The normalized spacial score (nSPS) is 11.7. The molecule has 0 fully saturated rings. The second kappa shape index (κ2) is 11.9. The third-order valence-electron chi connectivity index (χ3n) is 4.07. The molecule has 12 nitrogen and oxygen atoms in total. The summed E-state index contributed by atoms with van der Waals surface area (Å²) in [6.45, 7) is 6.94. The molecule has 0 aromatic heterocycles. The molecule has 12 heteroatoms. The van der Waals surface area contributed by atoms with Crippen molar-refractivity contribution in [2.45, 2.75) is 33.8 Å². The molecule has 32 heavy (non-hydrogen) atoms. The second-order valence-electron chi connectivity index (χ2n) is 6.16. The summed E-state index contributed by atoms with van der Waals surface area (Å²) in [5, 5.41) is 30.7. The molecule has 1 aromatic carbocycles. The Kier molecular flexibility index (Phi) is 9.63. The summed E-state index contributed by atoms with van der Waals surface area (Å²) < 4.78 is 14.2. The number of benzene rings is 1. The molecule has 1 rings (SSSR count). The number of esters is 1. The predicted molar refractivity (Wildman–Crippen MR) is 109 cm³/mol. The van der Waals surface area contributed by atoms with Crippen molar-refractivity contribution in [1.82, 2.24) is 4.90 Å². The predicted octanol–water partition coefficient (Wildman–Crippen LogP) is 2.54. The van der Waals surface area contributed by atoms with Crippen molar-refractivity contribution in [3.8, 4) is 17.6 Å². The number of phenolic OH excluding ortho intramolecular Hbond substituents is 1. The summed E-state index contributed by atoms with van der Waals surface area (Å²) in [5.74, 6) is -3.09. The molecule has 0 radical (unpaired) electrons.